The zero-order valence-electron chi connectivity index (χ0n) is 15.4. The molecule has 0 radical (unpaired) electrons. The van der Waals surface area contributed by atoms with Gasteiger partial charge in [-0.2, -0.15) is 0 Å². The van der Waals surface area contributed by atoms with Gasteiger partial charge in [-0.3, -0.25) is 0 Å². The second kappa shape index (κ2) is 16.3. The average Bonchev–Trinajstić information content (AvgIpc) is 2.43. The smallest absolute Gasteiger partial charge is 0.146 e. The van der Waals surface area contributed by atoms with Gasteiger partial charge >= 0.3 is 0 Å². The summed E-state index contributed by atoms with van der Waals surface area (Å²) in [5.74, 6) is 1.60. The fourth-order valence-corrected chi connectivity index (χ4v) is 3.61. The average molecular weight is 379 g/mol. The third-order valence-electron chi connectivity index (χ3n) is 4.08. The molecular weight excluding hydrogens is 340 g/mol. The van der Waals surface area contributed by atoms with Crippen LogP contribution in [-0.2, 0) is 9.47 Å². The minimum atomic E-state index is 0.472. The molecule has 0 saturated heterocycles. The molecule has 0 heterocycles. The Morgan fingerprint density at radius 1 is 0.773 bits per heavy atom. The Kier molecular flexibility index (Phi) is 16.6. The predicted molar refractivity (Wildman–Crippen MR) is 101 cm³/mol. The summed E-state index contributed by atoms with van der Waals surface area (Å²) in [6.45, 7) is 11.4. The van der Waals surface area contributed by atoms with E-state index in [-0.39, 0.29) is 0 Å². The summed E-state index contributed by atoms with van der Waals surface area (Å²) in [6.07, 6.45) is 11.5. The summed E-state index contributed by atoms with van der Waals surface area (Å²) in [4.78, 5) is 0.636. The highest BCUT2D eigenvalue weighted by atomic mass is 79.9. The third kappa shape index (κ3) is 16.8. The largest absolute Gasteiger partial charge is 0.355 e. The van der Waals surface area contributed by atoms with Crippen LogP contribution in [0, 0.1) is 11.8 Å². The normalized spacial score (nSPS) is 15.7. The maximum absolute atomic E-state index is 5.55. The number of unbranched alkanes of at least 4 members (excludes halogenated alkanes) is 4. The maximum atomic E-state index is 5.55. The van der Waals surface area contributed by atoms with Crippen molar-refractivity contribution in [3.63, 3.8) is 0 Å². The zero-order chi connectivity index (χ0) is 16.6. The molecule has 0 saturated carbocycles. The Morgan fingerprint density at radius 2 is 1.41 bits per heavy atom. The van der Waals surface area contributed by atoms with Crippen LogP contribution < -0.4 is 0 Å². The van der Waals surface area contributed by atoms with E-state index >= 15 is 0 Å². The first-order valence-corrected chi connectivity index (χ1v) is 10.3. The Morgan fingerprint density at radius 3 is 2.05 bits per heavy atom. The third-order valence-corrected chi connectivity index (χ3v) is 4.45. The number of halogens is 1. The topological polar surface area (TPSA) is 18.5 Å². The van der Waals surface area contributed by atoms with Crippen molar-refractivity contribution in [2.45, 2.75) is 90.3 Å². The molecule has 0 aromatic carbocycles. The van der Waals surface area contributed by atoms with Gasteiger partial charge in [-0.15, -0.1) is 0 Å². The highest BCUT2D eigenvalue weighted by molar-refractivity contribution is 9.09. The summed E-state index contributed by atoms with van der Waals surface area (Å²) in [7, 11) is 0. The van der Waals surface area contributed by atoms with Crippen LogP contribution in [0.3, 0.4) is 0 Å². The van der Waals surface area contributed by atoms with Crippen molar-refractivity contribution >= 4 is 15.9 Å². The highest BCUT2D eigenvalue weighted by Crippen LogP contribution is 2.22. The Bertz CT molecular complexity index is 221. The van der Waals surface area contributed by atoms with Crippen LogP contribution in [0.25, 0.3) is 0 Å². The molecule has 22 heavy (non-hydrogen) atoms. The number of hydrogen-bond donors (Lipinski definition) is 0. The van der Waals surface area contributed by atoms with Gasteiger partial charge in [-0.25, -0.2) is 0 Å². The van der Waals surface area contributed by atoms with E-state index in [2.05, 4.69) is 43.6 Å². The van der Waals surface area contributed by atoms with Crippen LogP contribution in [0.2, 0.25) is 0 Å². The molecule has 0 aliphatic heterocycles. The van der Waals surface area contributed by atoms with Gasteiger partial charge in [0.2, 0.25) is 0 Å². The fourth-order valence-electron chi connectivity index (χ4n) is 2.97. The van der Waals surface area contributed by atoms with Crippen molar-refractivity contribution in [2.24, 2.45) is 11.8 Å². The lowest BCUT2D eigenvalue weighted by atomic mass is 9.91. The molecule has 3 atom stereocenters. The van der Waals surface area contributed by atoms with Crippen LogP contribution in [0.5, 0.6) is 0 Å². The lowest BCUT2D eigenvalue weighted by molar-refractivity contribution is -0.0561. The maximum Gasteiger partial charge on any atom is 0.146 e. The second-order valence-electron chi connectivity index (χ2n) is 6.95. The summed E-state index contributed by atoms with van der Waals surface area (Å²) < 4.78 is 11.1. The van der Waals surface area contributed by atoms with Crippen LogP contribution in [-0.4, -0.2) is 24.8 Å². The zero-order valence-corrected chi connectivity index (χ0v) is 17.0. The van der Waals surface area contributed by atoms with Gasteiger partial charge in [-0.1, -0.05) is 69.3 Å². The molecule has 0 aliphatic rings. The summed E-state index contributed by atoms with van der Waals surface area (Å²) in [5.41, 5.74) is 0. The molecule has 3 unspecified atom stereocenters. The molecule has 0 aromatic rings. The molecule has 0 aliphatic carbocycles. The van der Waals surface area contributed by atoms with Gasteiger partial charge in [0.1, 0.15) is 6.79 Å². The summed E-state index contributed by atoms with van der Waals surface area (Å²) >= 11 is 3.64. The van der Waals surface area contributed by atoms with Crippen LogP contribution in [0.4, 0.5) is 0 Å². The molecule has 0 fully saturated rings. The summed E-state index contributed by atoms with van der Waals surface area (Å²) in [6, 6.07) is 0. The molecule has 0 N–H and O–H groups in total. The first-order valence-electron chi connectivity index (χ1n) is 9.35. The van der Waals surface area contributed by atoms with Crippen molar-refractivity contribution in [3.05, 3.63) is 0 Å². The monoisotopic (exact) mass is 378 g/mol. The van der Waals surface area contributed by atoms with Gasteiger partial charge in [0.25, 0.3) is 0 Å². The first-order chi connectivity index (χ1) is 10.6. The van der Waals surface area contributed by atoms with E-state index in [1.54, 1.807) is 0 Å². The number of ether oxygens (including phenoxy) is 2. The van der Waals surface area contributed by atoms with E-state index < -0.39 is 0 Å². The van der Waals surface area contributed by atoms with Gasteiger partial charge in [0.05, 0.1) is 0 Å². The van der Waals surface area contributed by atoms with E-state index in [1.807, 2.05) is 0 Å². The lowest BCUT2D eigenvalue weighted by Gasteiger charge is -2.18. The number of rotatable bonds is 16. The van der Waals surface area contributed by atoms with Crippen LogP contribution in [0.1, 0.15) is 85.5 Å². The predicted octanol–water partition coefficient (Wildman–Crippen LogP) is 6.56. The van der Waals surface area contributed by atoms with Gasteiger partial charge in [0.15, 0.2) is 0 Å². The van der Waals surface area contributed by atoms with E-state index in [4.69, 9.17) is 9.47 Å². The second-order valence-corrected chi connectivity index (χ2v) is 8.52. The van der Waals surface area contributed by atoms with Gasteiger partial charge in [0, 0.05) is 18.0 Å². The fraction of sp³-hybridized carbons (Fsp3) is 1.00. The van der Waals surface area contributed by atoms with Crippen LogP contribution in [0.15, 0.2) is 0 Å². The standard InChI is InChI=1S/C19H39BrO2/c1-5-6-7-8-9-12-21-16-22-13-10-11-17(2)14-18(3)15-19(4)20/h17-19H,5-16H2,1-4H3. The van der Waals surface area contributed by atoms with Crippen molar-refractivity contribution in [2.75, 3.05) is 20.0 Å². The molecule has 0 aromatic heterocycles. The molecule has 134 valence electrons. The quantitative estimate of drug-likeness (QED) is 0.172. The van der Waals surface area contributed by atoms with Crippen molar-refractivity contribution < 1.29 is 9.47 Å². The Labute approximate surface area is 147 Å². The molecule has 2 nitrogen and oxygen atoms in total. The highest BCUT2D eigenvalue weighted by Gasteiger charge is 2.10. The molecule has 0 rings (SSSR count). The molecular formula is C19H39BrO2. The van der Waals surface area contributed by atoms with Crippen molar-refractivity contribution in [1.29, 1.82) is 0 Å². The van der Waals surface area contributed by atoms with Crippen molar-refractivity contribution in [1.82, 2.24) is 0 Å². The van der Waals surface area contributed by atoms with E-state index in [0.717, 1.165) is 31.5 Å². The molecule has 3 heteroatoms. The molecule has 0 amide bonds. The minimum absolute atomic E-state index is 0.472. The lowest BCUT2D eigenvalue weighted by Crippen LogP contribution is -2.09. The Hall–Kier alpha value is 0.400. The van der Waals surface area contributed by atoms with E-state index in [0.29, 0.717) is 11.6 Å². The SMILES string of the molecule is CCCCCCCOCOCCCC(C)CC(C)CC(C)Br. The van der Waals surface area contributed by atoms with Crippen LogP contribution >= 0.6 is 15.9 Å². The van der Waals surface area contributed by atoms with E-state index in [9.17, 15) is 0 Å². The first kappa shape index (κ1) is 22.4. The summed E-state index contributed by atoms with van der Waals surface area (Å²) in [5, 5.41) is 0. The molecule has 0 spiro atoms. The number of hydrogen-bond acceptors (Lipinski definition) is 2. The number of alkyl halides is 1. The van der Waals surface area contributed by atoms with Gasteiger partial charge < -0.3 is 9.47 Å². The minimum Gasteiger partial charge on any atom is -0.355 e. The van der Waals surface area contributed by atoms with Gasteiger partial charge in [-0.05, 0) is 43.9 Å². The van der Waals surface area contributed by atoms with E-state index in [1.165, 1.54) is 51.4 Å². The van der Waals surface area contributed by atoms with Crippen molar-refractivity contribution in [3.8, 4) is 0 Å². The Balaban J connectivity index is 3.25. The molecule has 0 bridgehead atoms.